The molecule has 31 heavy (non-hydrogen) atoms. The van der Waals surface area contributed by atoms with Gasteiger partial charge in [0, 0.05) is 18.8 Å². The number of likely N-dealkylation sites (tertiary alicyclic amines) is 1. The highest BCUT2D eigenvalue weighted by atomic mass is 19.1. The summed E-state index contributed by atoms with van der Waals surface area (Å²) < 4.78 is 26.4. The lowest BCUT2D eigenvalue weighted by molar-refractivity contribution is -0.125. The van der Waals surface area contributed by atoms with Crippen LogP contribution in [0.1, 0.15) is 19.3 Å². The Hall–Kier alpha value is -3.33. The molecule has 2 aliphatic heterocycles. The molecule has 0 saturated carbocycles. The third-order valence-electron chi connectivity index (χ3n) is 6.00. The summed E-state index contributed by atoms with van der Waals surface area (Å²) in [6.07, 6.45) is 0.674. The number of nitrogens with zero attached hydrogens (tertiary/aromatic N) is 2. The van der Waals surface area contributed by atoms with E-state index in [0.29, 0.717) is 37.3 Å². The Balaban J connectivity index is 1.46. The molecule has 0 aromatic heterocycles. The lowest BCUT2D eigenvalue weighted by atomic mass is 9.85. The number of hydrogen-bond acceptors (Lipinski definition) is 5. The zero-order chi connectivity index (χ0) is 22.2. The lowest BCUT2D eigenvalue weighted by Gasteiger charge is -2.42. The molecule has 7 nitrogen and oxygen atoms in total. The molecule has 0 aliphatic carbocycles. The second-order valence-electron chi connectivity index (χ2n) is 7.88. The highest BCUT2D eigenvalue weighted by molar-refractivity contribution is 6.22. The molecular weight excluding hydrogens is 406 g/mol. The van der Waals surface area contributed by atoms with Crippen molar-refractivity contribution in [2.75, 3.05) is 23.3 Å². The number of hydrogen-bond donors (Lipinski definition) is 2. The van der Waals surface area contributed by atoms with E-state index < -0.39 is 23.3 Å². The Kier molecular flexibility index (Phi) is 5.45. The van der Waals surface area contributed by atoms with E-state index in [0.717, 1.165) is 4.90 Å². The summed E-state index contributed by atoms with van der Waals surface area (Å²) >= 11 is 0. The Bertz CT molecular complexity index is 1000. The van der Waals surface area contributed by atoms with Crippen molar-refractivity contribution in [2.24, 2.45) is 5.73 Å². The van der Waals surface area contributed by atoms with Gasteiger partial charge in [0.15, 0.2) is 0 Å². The second-order valence-corrected chi connectivity index (χ2v) is 7.88. The summed E-state index contributed by atoms with van der Waals surface area (Å²) in [6, 6.07) is 10.2. The maximum atomic E-state index is 13.2. The van der Waals surface area contributed by atoms with Crippen molar-refractivity contribution >= 4 is 29.1 Å². The van der Waals surface area contributed by atoms with Crippen LogP contribution in [0.15, 0.2) is 48.5 Å². The summed E-state index contributed by atoms with van der Waals surface area (Å²) in [5.41, 5.74) is 5.56. The maximum absolute atomic E-state index is 13.2. The van der Waals surface area contributed by atoms with Crippen LogP contribution in [-0.4, -0.2) is 47.3 Å². The van der Waals surface area contributed by atoms with E-state index in [-0.39, 0.29) is 24.1 Å². The second kappa shape index (κ2) is 8.07. The molecular formula is C22H22F2N4O3. The number of benzene rings is 2. The van der Waals surface area contributed by atoms with Crippen molar-refractivity contribution in [1.29, 1.82) is 0 Å². The number of rotatable bonds is 5. The average Bonchev–Trinajstić information content (AvgIpc) is 3.05. The summed E-state index contributed by atoms with van der Waals surface area (Å²) in [4.78, 5) is 40.7. The smallest absolute Gasteiger partial charge is 0.251 e. The van der Waals surface area contributed by atoms with Gasteiger partial charge in [-0.2, -0.15) is 0 Å². The zero-order valence-electron chi connectivity index (χ0n) is 16.7. The van der Waals surface area contributed by atoms with E-state index in [9.17, 15) is 23.2 Å². The summed E-state index contributed by atoms with van der Waals surface area (Å²) in [6.45, 7) is 0.746. The van der Waals surface area contributed by atoms with Crippen LogP contribution < -0.4 is 16.0 Å². The highest BCUT2D eigenvalue weighted by Crippen LogP contribution is 2.32. The molecule has 2 fully saturated rings. The Morgan fingerprint density at radius 3 is 2.06 bits per heavy atom. The molecule has 162 valence electrons. The van der Waals surface area contributed by atoms with Crippen molar-refractivity contribution < 1.29 is 23.2 Å². The quantitative estimate of drug-likeness (QED) is 0.711. The molecule has 0 bridgehead atoms. The molecule has 1 atom stereocenters. The minimum Gasteiger partial charge on any atom is -0.371 e. The molecule has 3 amide bonds. The number of carbonyl (C=O) groups is 3. The van der Waals surface area contributed by atoms with Gasteiger partial charge < -0.3 is 11.1 Å². The fourth-order valence-corrected chi connectivity index (χ4v) is 4.22. The van der Waals surface area contributed by atoms with Crippen molar-refractivity contribution in [3.8, 4) is 0 Å². The van der Waals surface area contributed by atoms with Gasteiger partial charge in [0.2, 0.25) is 11.8 Å². The number of primary amides is 1. The monoisotopic (exact) mass is 428 g/mol. The fourth-order valence-electron chi connectivity index (χ4n) is 4.22. The lowest BCUT2D eigenvalue weighted by Crippen LogP contribution is -2.59. The van der Waals surface area contributed by atoms with Gasteiger partial charge in [0.05, 0.1) is 18.2 Å². The first-order valence-corrected chi connectivity index (χ1v) is 9.99. The van der Waals surface area contributed by atoms with E-state index in [1.165, 1.54) is 48.5 Å². The molecule has 0 unspecified atom stereocenters. The van der Waals surface area contributed by atoms with Gasteiger partial charge in [-0.15, -0.1) is 0 Å². The fraction of sp³-hybridized carbons (Fsp3) is 0.318. The number of nitrogens with two attached hydrogens (primary N) is 1. The standard InChI is InChI=1S/C22H22F2N4O3/c23-14-1-5-16(6-2-14)26-22(21(25)31)9-11-27(12-10-22)18-13-19(29)28(20(18)30)17-7-3-15(24)4-8-17/h1-8,18,26H,9-13H2,(H2,25,31)/t18-/m0/s1. The van der Waals surface area contributed by atoms with Crippen LogP contribution in [0, 0.1) is 11.6 Å². The van der Waals surface area contributed by atoms with Gasteiger partial charge in [0.1, 0.15) is 17.2 Å². The predicted molar refractivity (Wildman–Crippen MR) is 110 cm³/mol. The molecule has 9 heteroatoms. The summed E-state index contributed by atoms with van der Waals surface area (Å²) in [5, 5.41) is 3.13. The molecule has 0 radical (unpaired) electrons. The van der Waals surface area contributed by atoms with Gasteiger partial charge in [-0.1, -0.05) is 0 Å². The van der Waals surface area contributed by atoms with Crippen LogP contribution in [-0.2, 0) is 14.4 Å². The van der Waals surface area contributed by atoms with E-state index in [2.05, 4.69) is 5.32 Å². The molecule has 2 aliphatic rings. The van der Waals surface area contributed by atoms with Crippen molar-refractivity contribution in [3.05, 3.63) is 60.2 Å². The minimum atomic E-state index is -1.03. The van der Waals surface area contributed by atoms with E-state index >= 15 is 0 Å². The first kappa shape index (κ1) is 20.9. The number of anilines is 2. The largest absolute Gasteiger partial charge is 0.371 e. The molecule has 2 saturated heterocycles. The van der Waals surface area contributed by atoms with Crippen LogP contribution in [0.4, 0.5) is 20.2 Å². The van der Waals surface area contributed by atoms with Crippen molar-refractivity contribution in [3.63, 3.8) is 0 Å². The van der Waals surface area contributed by atoms with Crippen LogP contribution in [0.2, 0.25) is 0 Å². The Morgan fingerprint density at radius 1 is 0.968 bits per heavy atom. The van der Waals surface area contributed by atoms with Crippen molar-refractivity contribution in [2.45, 2.75) is 30.8 Å². The van der Waals surface area contributed by atoms with E-state index in [1.54, 1.807) is 0 Å². The summed E-state index contributed by atoms with van der Waals surface area (Å²) in [7, 11) is 0. The van der Waals surface area contributed by atoms with Crippen LogP contribution in [0.5, 0.6) is 0 Å². The van der Waals surface area contributed by atoms with Gasteiger partial charge >= 0.3 is 0 Å². The molecule has 2 aromatic carbocycles. The van der Waals surface area contributed by atoms with Crippen LogP contribution in [0.25, 0.3) is 0 Å². The zero-order valence-corrected chi connectivity index (χ0v) is 16.7. The van der Waals surface area contributed by atoms with Gasteiger partial charge in [0.25, 0.3) is 5.91 Å². The number of nitrogens with one attached hydrogen (secondary N) is 1. The van der Waals surface area contributed by atoms with E-state index in [1.807, 2.05) is 4.90 Å². The number of carbonyl (C=O) groups excluding carboxylic acids is 3. The molecule has 3 N–H and O–H groups in total. The summed E-state index contributed by atoms with van der Waals surface area (Å²) in [5.74, 6) is -2.08. The number of imide groups is 1. The number of amides is 3. The Labute approximate surface area is 177 Å². The Morgan fingerprint density at radius 2 is 1.52 bits per heavy atom. The highest BCUT2D eigenvalue weighted by Gasteiger charge is 2.47. The van der Waals surface area contributed by atoms with Gasteiger partial charge in [-0.05, 0) is 61.4 Å². The third-order valence-corrected chi connectivity index (χ3v) is 6.00. The maximum Gasteiger partial charge on any atom is 0.251 e. The predicted octanol–water partition coefficient (Wildman–Crippen LogP) is 2.03. The molecule has 2 heterocycles. The van der Waals surface area contributed by atoms with Crippen LogP contribution >= 0.6 is 0 Å². The first-order chi connectivity index (χ1) is 14.8. The average molecular weight is 428 g/mol. The van der Waals surface area contributed by atoms with Gasteiger partial charge in [-0.25, -0.2) is 13.7 Å². The van der Waals surface area contributed by atoms with Gasteiger partial charge in [-0.3, -0.25) is 19.3 Å². The SMILES string of the molecule is NC(=O)C1(Nc2ccc(F)cc2)CCN([C@H]2CC(=O)N(c3ccc(F)cc3)C2=O)CC1. The molecule has 2 aromatic rings. The topological polar surface area (TPSA) is 95.7 Å². The van der Waals surface area contributed by atoms with E-state index in [4.69, 9.17) is 5.73 Å². The first-order valence-electron chi connectivity index (χ1n) is 9.99. The van der Waals surface area contributed by atoms with Crippen molar-refractivity contribution in [1.82, 2.24) is 4.90 Å². The molecule has 0 spiro atoms. The third kappa shape index (κ3) is 4.00. The normalized spacial score (nSPS) is 21.4. The minimum absolute atomic E-state index is 0.0190. The van der Waals surface area contributed by atoms with Crippen LogP contribution in [0.3, 0.4) is 0 Å². The number of piperidine rings is 1. The number of halogens is 2. The molecule has 4 rings (SSSR count).